The first-order valence-corrected chi connectivity index (χ1v) is 37.9. The monoisotopic (exact) mass is 2240 g/mol. The summed E-state index contributed by atoms with van der Waals surface area (Å²) in [6, 6.07) is 145. The van der Waals surface area contributed by atoms with Crippen LogP contribution in [0.3, 0.4) is 0 Å². The molecule has 11 heteroatoms. The van der Waals surface area contributed by atoms with Crippen LogP contribution in [0.15, 0.2) is 407 Å². The Morgan fingerprint density at radius 2 is 0.568 bits per heavy atom. The Balaban J connectivity index is 0.000000172. The zero-order valence-electron chi connectivity index (χ0n) is 65.9. The van der Waals surface area contributed by atoms with Crippen LogP contribution in [0.25, 0.3) is 123 Å². The van der Waals surface area contributed by atoms with Crippen LogP contribution in [0.2, 0.25) is 0 Å². The molecule has 590 valence electrons. The van der Waals surface area contributed by atoms with E-state index >= 15 is 0 Å². The van der Waals surface area contributed by atoms with E-state index in [2.05, 4.69) is 214 Å². The fourth-order valence-corrected chi connectivity index (χ4v) is 12.2. The molecule has 0 unspecified atom stereocenters. The number of aromatic nitrogens is 7. The molecule has 7 heterocycles. The minimum Gasteiger partial charge on any atom is -0.305 e. The Hall–Kier alpha value is -11.9. The van der Waals surface area contributed by atoms with Crippen LogP contribution in [-0.4, -0.2) is 34.9 Å². The Morgan fingerprint density at radius 1 is 0.229 bits per heavy atom. The first kappa shape index (κ1) is 91.6. The number of hydrogen-bond donors (Lipinski definition) is 0. The molecule has 0 saturated heterocycles. The molecule has 11 aromatic carbocycles. The average molecular weight is 2240 g/mol. The summed E-state index contributed by atoms with van der Waals surface area (Å²) in [7, 11) is 0. The van der Waals surface area contributed by atoms with Crippen LogP contribution < -0.4 is 0 Å². The molecule has 118 heavy (non-hydrogen) atoms. The van der Waals surface area contributed by atoms with Crippen molar-refractivity contribution in [2.24, 2.45) is 0 Å². The summed E-state index contributed by atoms with van der Waals surface area (Å²) in [5.41, 5.74) is 29.7. The third kappa shape index (κ3) is 27.6. The van der Waals surface area contributed by atoms with Crippen molar-refractivity contribution in [2.75, 3.05) is 0 Å². The van der Waals surface area contributed by atoms with E-state index in [1.54, 1.807) is 12.4 Å². The van der Waals surface area contributed by atoms with E-state index in [1.165, 1.54) is 61.2 Å². The van der Waals surface area contributed by atoms with Crippen LogP contribution in [0.4, 0.5) is 0 Å². The van der Waals surface area contributed by atoms with Gasteiger partial charge < -0.3 is 34.9 Å². The first-order valence-electron chi connectivity index (χ1n) is 37.9. The molecule has 0 aliphatic carbocycles. The zero-order chi connectivity index (χ0) is 78.6. The van der Waals surface area contributed by atoms with Crippen molar-refractivity contribution < 1.29 is 80.4 Å². The summed E-state index contributed by atoms with van der Waals surface area (Å²) in [5, 5.41) is 0. The van der Waals surface area contributed by atoms with Crippen LogP contribution >= 0.6 is 0 Å². The molecule has 0 aliphatic heterocycles. The van der Waals surface area contributed by atoms with E-state index in [1.807, 2.05) is 293 Å². The van der Waals surface area contributed by atoms with Gasteiger partial charge in [0, 0.05) is 140 Å². The van der Waals surface area contributed by atoms with Gasteiger partial charge in [-0.25, -0.2) is 0 Å². The molecule has 0 saturated carbocycles. The number of nitrogens with zero attached hydrogens (tertiary/aromatic N) is 7. The van der Waals surface area contributed by atoms with Gasteiger partial charge in [0.15, 0.2) is 0 Å². The molecule has 0 bridgehead atoms. The van der Waals surface area contributed by atoms with Crippen LogP contribution in [-0.2, 0) is 86.8 Å². The van der Waals surface area contributed by atoms with Crippen LogP contribution in [0.1, 0.15) is 34.9 Å². The fourth-order valence-electron chi connectivity index (χ4n) is 12.2. The topological polar surface area (TPSA) is 90.2 Å². The normalized spacial score (nSPS) is 9.84. The SMILES string of the molecule is CCc1cc(-c2[c-]cccc2)ncc1-c1ccccc1.Cc1cc(-c2[c-]cccc2)ncc1-c1ccccc1.Cc1ccc(-c2[c-]cccc2)nc1.Cc1ccccc1-c1ccc(-c2[c-]cccc2)nc1.Cc1nc(-c2[c-]cccc2)ccc1-c1ccccc1.[Ir].[Ir].[Ir].[Ir].[c-]1ccccc1-c1ccccn1.[c-]1ccccc1-c1ccccn1. The first-order chi connectivity index (χ1) is 56.2. The van der Waals surface area contributed by atoms with Gasteiger partial charge in [0.1, 0.15) is 0 Å². The Morgan fingerprint density at radius 3 is 0.932 bits per heavy atom. The van der Waals surface area contributed by atoms with Crippen molar-refractivity contribution in [1.29, 1.82) is 0 Å². The second kappa shape index (κ2) is 49.9. The maximum absolute atomic E-state index is 4.69. The second-order valence-corrected chi connectivity index (χ2v) is 26.2. The summed E-state index contributed by atoms with van der Waals surface area (Å²) in [5.74, 6) is 0. The van der Waals surface area contributed by atoms with Gasteiger partial charge >= 0.3 is 0 Å². The van der Waals surface area contributed by atoms with Gasteiger partial charge in [0.25, 0.3) is 0 Å². The third-order valence-corrected chi connectivity index (χ3v) is 18.2. The fraction of sp³-hybridized carbons (Fsp3) is 0.0561. The predicted octanol–water partition coefficient (Wildman–Crippen LogP) is 26.3. The van der Waals surface area contributed by atoms with Crippen molar-refractivity contribution in [3.8, 4) is 123 Å². The van der Waals surface area contributed by atoms with E-state index in [0.29, 0.717) is 0 Å². The smallest absolute Gasteiger partial charge is 0.0344 e. The number of aryl methyl sites for hydroxylation is 5. The van der Waals surface area contributed by atoms with E-state index < -0.39 is 0 Å². The summed E-state index contributed by atoms with van der Waals surface area (Å²) in [6.07, 6.45) is 12.3. The molecule has 0 atom stereocenters. The summed E-state index contributed by atoms with van der Waals surface area (Å²) in [6.45, 7) is 10.5. The van der Waals surface area contributed by atoms with Gasteiger partial charge in [-0.2, -0.15) is 0 Å². The minimum atomic E-state index is 0. The van der Waals surface area contributed by atoms with Crippen molar-refractivity contribution in [2.45, 2.75) is 41.0 Å². The summed E-state index contributed by atoms with van der Waals surface area (Å²) >= 11 is 0. The summed E-state index contributed by atoms with van der Waals surface area (Å²) in [4.78, 5) is 31.1. The van der Waals surface area contributed by atoms with Gasteiger partial charge in [-0.05, 0) is 136 Å². The van der Waals surface area contributed by atoms with Crippen molar-refractivity contribution in [3.05, 3.63) is 478 Å². The number of rotatable bonds is 12. The minimum absolute atomic E-state index is 0. The van der Waals surface area contributed by atoms with Crippen LogP contribution in [0.5, 0.6) is 0 Å². The standard InChI is InChI=1S/C19H16N.3C18H14N.C12H10N.2C11H8N.4Ir/c1-2-15-13-19(17-11-7-4-8-12-17)20-14-18(15)16-9-5-3-6-10-16;1-14-12-18(16-10-6-3-7-11-16)19-13-17(14)15-8-4-2-5-9-15;1-14-17(15-8-4-2-5-9-15)12-13-18(19-14)16-10-6-3-7-11-16;1-14-7-5-6-10-17(14)16-11-12-18(19-13-16)15-8-3-2-4-9-15;1-10-7-8-12(13-9-10)11-5-3-2-4-6-11;2*1-2-6-10(7-3-1)11-8-4-5-9-12-11;;;;/h3-11,13-14H,2H2,1H3;2*2-10,12-13H,1H3;2-8,10-13H,1H3;2-5,7-9H,1H3;2*1-6,8-9H;;;;/q7*-1;;;;. The quantitative estimate of drug-likeness (QED) is 0.113. The van der Waals surface area contributed by atoms with Gasteiger partial charge in [0.2, 0.25) is 0 Å². The molecular weight excluding hydrogens is 2150 g/mol. The molecule has 7 nitrogen and oxygen atoms in total. The molecule has 0 N–H and O–H groups in total. The Labute approximate surface area is 750 Å². The van der Waals surface area contributed by atoms with E-state index in [-0.39, 0.29) is 80.4 Å². The maximum Gasteiger partial charge on any atom is 0.0344 e. The predicted molar refractivity (Wildman–Crippen MR) is 470 cm³/mol. The van der Waals surface area contributed by atoms with E-state index in [4.69, 9.17) is 0 Å². The number of pyridine rings is 7. The van der Waals surface area contributed by atoms with Crippen molar-refractivity contribution in [1.82, 2.24) is 34.9 Å². The van der Waals surface area contributed by atoms with Gasteiger partial charge in [0.05, 0.1) is 0 Å². The van der Waals surface area contributed by atoms with Gasteiger partial charge in [-0.1, -0.05) is 195 Å². The van der Waals surface area contributed by atoms with E-state index in [0.717, 1.165) is 96.5 Å². The molecule has 18 aromatic rings. The van der Waals surface area contributed by atoms with Crippen LogP contribution in [0, 0.1) is 70.2 Å². The molecule has 0 aliphatic rings. The largest absolute Gasteiger partial charge is 0.305 e. The number of benzene rings is 11. The second-order valence-electron chi connectivity index (χ2n) is 26.2. The average Bonchev–Trinajstić information content (AvgIpc) is 0.826. The Bertz CT molecular complexity index is 5530. The third-order valence-electron chi connectivity index (χ3n) is 18.2. The summed E-state index contributed by atoms with van der Waals surface area (Å²) < 4.78 is 0. The van der Waals surface area contributed by atoms with Crippen molar-refractivity contribution in [3.63, 3.8) is 0 Å². The molecular formula is C107H84Ir4N7-7. The molecule has 0 fully saturated rings. The maximum atomic E-state index is 4.69. The van der Waals surface area contributed by atoms with Gasteiger partial charge in [-0.15, -0.1) is 251 Å². The molecule has 18 rings (SSSR count). The molecule has 4 radical (unpaired) electrons. The number of hydrogen-bond acceptors (Lipinski definition) is 7. The van der Waals surface area contributed by atoms with Crippen molar-refractivity contribution >= 4 is 0 Å². The van der Waals surface area contributed by atoms with Gasteiger partial charge in [-0.3, -0.25) is 0 Å². The van der Waals surface area contributed by atoms with E-state index in [9.17, 15) is 0 Å². The zero-order valence-corrected chi connectivity index (χ0v) is 75.4. The molecule has 0 spiro atoms. The molecule has 7 aromatic heterocycles. The molecule has 0 amide bonds. The Kier molecular flexibility index (Phi) is 38.7.